The molecule has 0 atom stereocenters. The molecule has 27 heavy (non-hydrogen) atoms. The Labute approximate surface area is 159 Å². The Hall–Kier alpha value is -3.14. The van der Waals surface area contributed by atoms with Crippen molar-refractivity contribution in [1.82, 2.24) is 14.5 Å². The van der Waals surface area contributed by atoms with Gasteiger partial charge >= 0.3 is 0 Å². The van der Waals surface area contributed by atoms with Gasteiger partial charge in [0.1, 0.15) is 12.1 Å². The van der Waals surface area contributed by atoms with E-state index in [2.05, 4.69) is 82.2 Å². The SMILES string of the molecule is Cc1ccc(-n2cc(-c3ccccc3)c3c(N4CCCC4)ncnc32)cc1. The fourth-order valence-corrected chi connectivity index (χ4v) is 3.95. The number of hydrogen-bond donors (Lipinski definition) is 0. The molecule has 0 bridgehead atoms. The minimum Gasteiger partial charge on any atom is -0.356 e. The lowest BCUT2D eigenvalue weighted by Gasteiger charge is -2.17. The smallest absolute Gasteiger partial charge is 0.150 e. The van der Waals surface area contributed by atoms with Crippen LogP contribution >= 0.6 is 0 Å². The van der Waals surface area contributed by atoms with Crippen molar-refractivity contribution in [2.75, 3.05) is 18.0 Å². The van der Waals surface area contributed by atoms with Gasteiger partial charge in [-0.3, -0.25) is 0 Å². The molecule has 0 N–H and O–H groups in total. The summed E-state index contributed by atoms with van der Waals surface area (Å²) in [7, 11) is 0. The van der Waals surface area contributed by atoms with Crippen molar-refractivity contribution < 1.29 is 0 Å². The molecule has 134 valence electrons. The molecule has 4 nitrogen and oxygen atoms in total. The summed E-state index contributed by atoms with van der Waals surface area (Å²) in [5, 5.41) is 1.14. The van der Waals surface area contributed by atoms with Gasteiger partial charge in [0, 0.05) is 30.5 Å². The van der Waals surface area contributed by atoms with E-state index in [0.29, 0.717) is 0 Å². The molecule has 3 heterocycles. The van der Waals surface area contributed by atoms with Gasteiger partial charge in [-0.25, -0.2) is 9.97 Å². The molecule has 2 aromatic carbocycles. The number of rotatable bonds is 3. The molecule has 2 aromatic heterocycles. The Kier molecular flexibility index (Phi) is 3.89. The van der Waals surface area contributed by atoms with Crippen molar-refractivity contribution in [3.63, 3.8) is 0 Å². The largest absolute Gasteiger partial charge is 0.356 e. The van der Waals surface area contributed by atoms with E-state index < -0.39 is 0 Å². The first kappa shape index (κ1) is 16.1. The minimum absolute atomic E-state index is 0.967. The first-order valence-corrected chi connectivity index (χ1v) is 9.55. The fourth-order valence-electron chi connectivity index (χ4n) is 3.95. The van der Waals surface area contributed by atoms with Crippen LogP contribution in [0, 0.1) is 6.92 Å². The van der Waals surface area contributed by atoms with Crippen LogP contribution in [0.25, 0.3) is 27.8 Å². The maximum atomic E-state index is 4.70. The number of aromatic nitrogens is 3. The summed E-state index contributed by atoms with van der Waals surface area (Å²) < 4.78 is 2.19. The number of aryl methyl sites for hydroxylation is 1. The normalized spacial score (nSPS) is 14.2. The Morgan fingerprint density at radius 3 is 2.33 bits per heavy atom. The highest BCUT2D eigenvalue weighted by Crippen LogP contribution is 2.37. The zero-order valence-corrected chi connectivity index (χ0v) is 15.5. The lowest BCUT2D eigenvalue weighted by molar-refractivity contribution is 0.937. The van der Waals surface area contributed by atoms with Crippen LogP contribution in [-0.2, 0) is 0 Å². The summed E-state index contributed by atoms with van der Waals surface area (Å²) in [6.07, 6.45) is 6.37. The Morgan fingerprint density at radius 2 is 1.59 bits per heavy atom. The van der Waals surface area contributed by atoms with Crippen LogP contribution in [-0.4, -0.2) is 27.6 Å². The van der Waals surface area contributed by atoms with Gasteiger partial charge in [0.25, 0.3) is 0 Å². The topological polar surface area (TPSA) is 34.0 Å². The lowest BCUT2D eigenvalue weighted by Crippen LogP contribution is -2.19. The summed E-state index contributed by atoms with van der Waals surface area (Å²) in [5.41, 5.74) is 5.73. The van der Waals surface area contributed by atoms with E-state index in [1.165, 1.54) is 29.5 Å². The molecular formula is C23H22N4. The average molecular weight is 354 g/mol. The van der Waals surface area contributed by atoms with Crippen molar-refractivity contribution in [3.8, 4) is 16.8 Å². The Morgan fingerprint density at radius 1 is 0.852 bits per heavy atom. The standard InChI is InChI=1S/C23H22N4/c1-17-9-11-19(12-10-17)27-15-20(18-7-3-2-4-8-18)21-22(24-16-25-23(21)27)26-13-5-6-14-26/h2-4,7-12,15-16H,5-6,13-14H2,1H3. The first-order chi connectivity index (χ1) is 13.3. The van der Waals surface area contributed by atoms with Crippen LogP contribution in [0.1, 0.15) is 18.4 Å². The summed E-state index contributed by atoms with van der Waals surface area (Å²) in [5.74, 6) is 1.06. The van der Waals surface area contributed by atoms with Gasteiger partial charge in [-0.2, -0.15) is 0 Å². The molecule has 1 aliphatic rings. The predicted octanol–water partition coefficient (Wildman–Crippen LogP) is 5.00. The third-order valence-electron chi connectivity index (χ3n) is 5.37. The zero-order chi connectivity index (χ0) is 18.2. The van der Waals surface area contributed by atoms with Crippen LogP contribution in [0.2, 0.25) is 0 Å². The lowest BCUT2D eigenvalue weighted by atomic mass is 10.1. The average Bonchev–Trinajstić information content (AvgIpc) is 3.37. The van der Waals surface area contributed by atoms with Crippen LogP contribution in [0.4, 0.5) is 5.82 Å². The molecule has 1 fully saturated rings. The van der Waals surface area contributed by atoms with Gasteiger partial charge < -0.3 is 9.47 Å². The molecule has 0 spiro atoms. The predicted molar refractivity (Wildman–Crippen MR) is 110 cm³/mol. The highest BCUT2D eigenvalue weighted by atomic mass is 15.2. The molecular weight excluding hydrogens is 332 g/mol. The monoisotopic (exact) mass is 354 g/mol. The molecule has 1 aliphatic heterocycles. The molecule has 0 unspecified atom stereocenters. The third-order valence-corrected chi connectivity index (χ3v) is 5.37. The van der Waals surface area contributed by atoms with Gasteiger partial charge in [0.05, 0.1) is 5.39 Å². The van der Waals surface area contributed by atoms with Gasteiger partial charge in [0.15, 0.2) is 5.65 Å². The maximum Gasteiger partial charge on any atom is 0.150 e. The van der Waals surface area contributed by atoms with E-state index in [1.807, 2.05) is 0 Å². The van der Waals surface area contributed by atoms with Crippen LogP contribution in [0.3, 0.4) is 0 Å². The zero-order valence-electron chi connectivity index (χ0n) is 15.5. The molecule has 5 rings (SSSR count). The quantitative estimate of drug-likeness (QED) is 0.519. The third kappa shape index (κ3) is 2.78. The number of fused-ring (bicyclic) bond motifs is 1. The van der Waals surface area contributed by atoms with Crippen molar-refractivity contribution in [2.45, 2.75) is 19.8 Å². The maximum absolute atomic E-state index is 4.70. The highest BCUT2D eigenvalue weighted by Gasteiger charge is 2.22. The highest BCUT2D eigenvalue weighted by molar-refractivity contribution is 6.02. The summed E-state index contributed by atoms with van der Waals surface area (Å²) in [6.45, 7) is 4.24. The fraction of sp³-hybridized carbons (Fsp3) is 0.217. The summed E-state index contributed by atoms with van der Waals surface area (Å²) >= 11 is 0. The number of hydrogen-bond acceptors (Lipinski definition) is 3. The summed E-state index contributed by atoms with van der Waals surface area (Å²) in [6, 6.07) is 19.2. The molecule has 4 heteroatoms. The van der Waals surface area contributed by atoms with Crippen LogP contribution < -0.4 is 4.90 Å². The van der Waals surface area contributed by atoms with Crippen molar-refractivity contribution in [3.05, 3.63) is 72.7 Å². The minimum atomic E-state index is 0.967. The van der Waals surface area contributed by atoms with E-state index in [0.717, 1.165) is 35.6 Å². The van der Waals surface area contributed by atoms with E-state index in [-0.39, 0.29) is 0 Å². The second kappa shape index (κ2) is 6.54. The van der Waals surface area contributed by atoms with Gasteiger partial charge in [-0.05, 0) is 37.5 Å². The Bertz CT molecular complexity index is 1070. The molecule has 0 aliphatic carbocycles. The first-order valence-electron chi connectivity index (χ1n) is 9.55. The van der Waals surface area contributed by atoms with E-state index >= 15 is 0 Å². The van der Waals surface area contributed by atoms with E-state index in [1.54, 1.807) is 6.33 Å². The van der Waals surface area contributed by atoms with Crippen molar-refractivity contribution in [1.29, 1.82) is 0 Å². The molecule has 0 amide bonds. The number of benzene rings is 2. The second-order valence-corrected chi connectivity index (χ2v) is 7.20. The van der Waals surface area contributed by atoms with Crippen molar-refractivity contribution in [2.24, 2.45) is 0 Å². The molecule has 1 saturated heterocycles. The van der Waals surface area contributed by atoms with Gasteiger partial charge in [-0.15, -0.1) is 0 Å². The van der Waals surface area contributed by atoms with Crippen LogP contribution in [0.5, 0.6) is 0 Å². The molecule has 4 aromatic rings. The van der Waals surface area contributed by atoms with Gasteiger partial charge in [0.2, 0.25) is 0 Å². The van der Waals surface area contributed by atoms with Gasteiger partial charge in [-0.1, -0.05) is 48.0 Å². The van der Waals surface area contributed by atoms with E-state index in [4.69, 9.17) is 4.98 Å². The number of nitrogens with zero attached hydrogens (tertiary/aromatic N) is 4. The van der Waals surface area contributed by atoms with Crippen molar-refractivity contribution >= 4 is 16.9 Å². The number of anilines is 1. The molecule has 0 radical (unpaired) electrons. The second-order valence-electron chi connectivity index (χ2n) is 7.20. The van der Waals surface area contributed by atoms with E-state index in [9.17, 15) is 0 Å². The van der Waals surface area contributed by atoms with Crippen LogP contribution in [0.15, 0.2) is 67.1 Å². The summed E-state index contributed by atoms with van der Waals surface area (Å²) in [4.78, 5) is 11.8. The molecule has 0 saturated carbocycles. The Balaban J connectivity index is 1.80.